The van der Waals surface area contributed by atoms with Crippen LogP contribution in [0.5, 0.6) is 0 Å². The summed E-state index contributed by atoms with van der Waals surface area (Å²) < 4.78 is 2.20. The van der Waals surface area contributed by atoms with E-state index >= 15 is 0 Å². The Morgan fingerprint density at radius 2 is 2.11 bits per heavy atom. The summed E-state index contributed by atoms with van der Waals surface area (Å²) in [5.74, 6) is 1.15. The fraction of sp³-hybridized carbons (Fsp3) is 0.600. The quantitative estimate of drug-likeness (QED) is 0.920. The van der Waals surface area contributed by atoms with Crippen LogP contribution in [0.3, 0.4) is 0 Å². The van der Waals surface area contributed by atoms with E-state index in [1.54, 1.807) is 0 Å². The Labute approximate surface area is 114 Å². The molecule has 2 N–H and O–H groups in total. The van der Waals surface area contributed by atoms with Gasteiger partial charge in [0.25, 0.3) is 0 Å². The maximum atomic E-state index is 6.08. The van der Waals surface area contributed by atoms with Crippen molar-refractivity contribution in [3.63, 3.8) is 0 Å². The molecule has 0 aromatic carbocycles. The highest BCUT2D eigenvalue weighted by molar-refractivity contribution is 5.74. The van der Waals surface area contributed by atoms with Gasteiger partial charge in [0, 0.05) is 19.7 Å². The van der Waals surface area contributed by atoms with Crippen molar-refractivity contribution in [2.45, 2.75) is 38.5 Å². The molecule has 0 unspecified atom stereocenters. The van der Waals surface area contributed by atoms with Gasteiger partial charge in [-0.3, -0.25) is 4.98 Å². The molecule has 2 aromatic heterocycles. The summed E-state index contributed by atoms with van der Waals surface area (Å²) in [6, 6.07) is 2.03. The molecule has 1 aliphatic carbocycles. The van der Waals surface area contributed by atoms with Gasteiger partial charge in [-0.1, -0.05) is 19.3 Å². The molecule has 0 bridgehead atoms. The lowest BCUT2D eigenvalue weighted by atomic mass is 9.71. The maximum absolute atomic E-state index is 6.08. The molecule has 0 radical (unpaired) electrons. The van der Waals surface area contributed by atoms with Crippen molar-refractivity contribution in [3.05, 3.63) is 24.3 Å². The van der Waals surface area contributed by atoms with Crippen molar-refractivity contribution >= 4 is 11.0 Å². The first-order chi connectivity index (χ1) is 9.24. The third-order valence-electron chi connectivity index (χ3n) is 4.66. The molecule has 1 aliphatic rings. The SMILES string of the molecule is Cn1c(CC2(CN)CCCCC2)nc2cnccc21. The number of nitrogens with zero attached hydrogens (tertiary/aromatic N) is 3. The second-order valence-corrected chi connectivity index (χ2v) is 5.89. The molecule has 4 nitrogen and oxygen atoms in total. The smallest absolute Gasteiger partial charge is 0.110 e. The first kappa shape index (κ1) is 12.6. The molecule has 0 atom stereocenters. The Bertz CT molecular complexity index is 567. The molecule has 1 fully saturated rings. The van der Waals surface area contributed by atoms with Crippen molar-refractivity contribution in [2.75, 3.05) is 6.54 Å². The third kappa shape index (κ3) is 2.25. The molecule has 1 saturated carbocycles. The van der Waals surface area contributed by atoms with Crippen molar-refractivity contribution in [3.8, 4) is 0 Å². The second-order valence-electron chi connectivity index (χ2n) is 5.89. The van der Waals surface area contributed by atoms with Crippen LogP contribution in [-0.4, -0.2) is 21.1 Å². The van der Waals surface area contributed by atoms with E-state index < -0.39 is 0 Å². The van der Waals surface area contributed by atoms with Crippen molar-refractivity contribution in [2.24, 2.45) is 18.2 Å². The van der Waals surface area contributed by atoms with Crippen LogP contribution in [0.4, 0.5) is 0 Å². The molecule has 4 heteroatoms. The van der Waals surface area contributed by atoms with Gasteiger partial charge in [-0.05, 0) is 30.9 Å². The summed E-state index contributed by atoms with van der Waals surface area (Å²) >= 11 is 0. The highest BCUT2D eigenvalue weighted by atomic mass is 15.1. The van der Waals surface area contributed by atoms with Crippen LogP contribution >= 0.6 is 0 Å². The number of imidazole rings is 1. The first-order valence-corrected chi connectivity index (χ1v) is 7.19. The standard InChI is InChI=1S/C15H22N4/c1-19-13-5-8-17-10-12(13)18-14(19)9-15(11-16)6-3-2-4-7-15/h5,8,10H,2-4,6-7,9,11,16H2,1H3. The Kier molecular flexibility index (Phi) is 3.27. The summed E-state index contributed by atoms with van der Waals surface area (Å²) in [7, 11) is 2.09. The van der Waals surface area contributed by atoms with E-state index in [-0.39, 0.29) is 5.41 Å². The third-order valence-corrected chi connectivity index (χ3v) is 4.66. The molecular weight excluding hydrogens is 236 g/mol. The van der Waals surface area contributed by atoms with Crippen molar-refractivity contribution in [1.82, 2.24) is 14.5 Å². The molecule has 2 aromatic rings. The number of fused-ring (bicyclic) bond motifs is 1. The maximum Gasteiger partial charge on any atom is 0.110 e. The van der Waals surface area contributed by atoms with Gasteiger partial charge in [-0.15, -0.1) is 0 Å². The predicted octanol–water partition coefficient (Wildman–Crippen LogP) is 2.42. The number of hydrogen-bond donors (Lipinski definition) is 1. The first-order valence-electron chi connectivity index (χ1n) is 7.19. The van der Waals surface area contributed by atoms with Gasteiger partial charge in [0.15, 0.2) is 0 Å². The topological polar surface area (TPSA) is 56.7 Å². The number of aromatic nitrogens is 3. The second kappa shape index (κ2) is 4.93. The average Bonchev–Trinajstić information content (AvgIpc) is 2.77. The van der Waals surface area contributed by atoms with Crippen molar-refractivity contribution < 1.29 is 0 Å². The summed E-state index contributed by atoms with van der Waals surface area (Å²) in [4.78, 5) is 8.90. The van der Waals surface area contributed by atoms with E-state index in [2.05, 4.69) is 16.6 Å². The highest BCUT2D eigenvalue weighted by Gasteiger charge is 2.32. The largest absolute Gasteiger partial charge is 0.331 e. The monoisotopic (exact) mass is 258 g/mol. The Morgan fingerprint density at radius 1 is 1.32 bits per heavy atom. The number of nitrogens with two attached hydrogens (primary N) is 1. The van der Waals surface area contributed by atoms with Crippen LogP contribution in [0.2, 0.25) is 0 Å². The van der Waals surface area contributed by atoms with Crippen LogP contribution in [-0.2, 0) is 13.5 Å². The molecular formula is C15H22N4. The summed E-state index contributed by atoms with van der Waals surface area (Å²) in [6.45, 7) is 0.772. The van der Waals surface area contributed by atoms with Crippen LogP contribution in [0.15, 0.2) is 18.5 Å². The predicted molar refractivity (Wildman–Crippen MR) is 76.8 cm³/mol. The molecule has 102 valence electrons. The lowest BCUT2D eigenvalue weighted by Crippen LogP contribution is -2.35. The number of hydrogen-bond acceptors (Lipinski definition) is 3. The molecule has 0 aliphatic heterocycles. The van der Waals surface area contributed by atoms with E-state index in [0.717, 1.165) is 29.8 Å². The zero-order valence-corrected chi connectivity index (χ0v) is 11.6. The zero-order valence-electron chi connectivity index (χ0n) is 11.6. The summed E-state index contributed by atoms with van der Waals surface area (Å²) in [6.07, 6.45) is 11.1. The lowest BCUT2D eigenvalue weighted by molar-refractivity contribution is 0.192. The molecule has 19 heavy (non-hydrogen) atoms. The van der Waals surface area contributed by atoms with Crippen LogP contribution in [0.1, 0.15) is 37.9 Å². The van der Waals surface area contributed by atoms with Gasteiger partial charge in [0.1, 0.15) is 11.3 Å². The molecule has 2 heterocycles. The minimum absolute atomic E-state index is 0.265. The Morgan fingerprint density at radius 3 is 2.79 bits per heavy atom. The van der Waals surface area contributed by atoms with Gasteiger partial charge in [-0.2, -0.15) is 0 Å². The highest BCUT2D eigenvalue weighted by Crippen LogP contribution is 2.38. The van der Waals surface area contributed by atoms with Gasteiger partial charge in [-0.25, -0.2) is 4.98 Å². The lowest BCUT2D eigenvalue weighted by Gasteiger charge is -2.36. The van der Waals surface area contributed by atoms with Crippen molar-refractivity contribution in [1.29, 1.82) is 0 Å². The molecule has 0 spiro atoms. The average molecular weight is 258 g/mol. The fourth-order valence-electron chi connectivity index (χ4n) is 3.35. The molecule has 0 amide bonds. The van der Waals surface area contributed by atoms with Crippen LogP contribution < -0.4 is 5.73 Å². The van der Waals surface area contributed by atoms with E-state index in [1.807, 2.05) is 18.5 Å². The number of pyridine rings is 1. The Balaban J connectivity index is 1.93. The van der Waals surface area contributed by atoms with Gasteiger partial charge in [0.2, 0.25) is 0 Å². The van der Waals surface area contributed by atoms with E-state index in [4.69, 9.17) is 10.7 Å². The van der Waals surface area contributed by atoms with Gasteiger partial charge >= 0.3 is 0 Å². The molecule has 3 rings (SSSR count). The zero-order chi connectivity index (χ0) is 13.3. The van der Waals surface area contributed by atoms with Crippen LogP contribution in [0, 0.1) is 5.41 Å². The number of rotatable bonds is 3. The van der Waals surface area contributed by atoms with Gasteiger partial charge < -0.3 is 10.3 Å². The summed E-state index contributed by atoms with van der Waals surface area (Å²) in [5, 5.41) is 0. The number of aryl methyl sites for hydroxylation is 1. The van der Waals surface area contributed by atoms with E-state index in [0.29, 0.717) is 0 Å². The fourth-order valence-corrected chi connectivity index (χ4v) is 3.35. The Hall–Kier alpha value is -1.42. The summed E-state index contributed by atoms with van der Waals surface area (Å²) in [5.41, 5.74) is 8.49. The minimum Gasteiger partial charge on any atom is -0.331 e. The minimum atomic E-state index is 0.265. The molecule has 0 saturated heterocycles. The van der Waals surface area contributed by atoms with E-state index in [1.165, 1.54) is 32.1 Å². The van der Waals surface area contributed by atoms with Gasteiger partial charge in [0.05, 0.1) is 11.7 Å². The van der Waals surface area contributed by atoms with Crippen LogP contribution in [0.25, 0.3) is 11.0 Å². The normalized spacial score (nSPS) is 18.8. The van der Waals surface area contributed by atoms with E-state index in [9.17, 15) is 0 Å².